The van der Waals surface area contributed by atoms with E-state index in [9.17, 15) is 18.0 Å². The smallest absolute Gasteiger partial charge is 0.379 e. The number of rotatable bonds is 8. The van der Waals surface area contributed by atoms with Gasteiger partial charge in [0.1, 0.15) is 23.1 Å². The molecule has 0 radical (unpaired) electrons. The van der Waals surface area contributed by atoms with Crippen LogP contribution in [0.15, 0.2) is 36.7 Å². The number of amides is 1. The highest BCUT2D eigenvalue weighted by molar-refractivity contribution is 6.29. The zero-order valence-corrected chi connectivity index (χ0v) is 21.1. The summed E-state index contributed by atoms with van der Waals surface area (Å²) in [4.78, 5) is 19.3. The Labute approximate surface area is 216 Å². The third kappa shape index (κ3) is 5.07. The summed E-state index contributed by atoms with van der Waals surface area (Å²) in [5.41, 5.74) is 2.80. The minimum Gasteiger partial charge on any atom is -0.379 e. The predicted molar refractivity (Wildman–Crippen MR) is 130 cm³/mol. The predicted octanol–water partition coefficient (Wildman–Crippen LogP) is 3.82. The van der Waals surface area contributed by atoms with Crippen LogP contribution < -0.4 is 10.2 Å². The van der Waals surface area contributed by atoms with Crippen LogP contribution >= 0.6 is 11.6 Å². The lowest BCUT2D eigenvalue weighted by atomic mass is 9.75. The Hall–Kier alpha value is -3.02. The number of halogens is 4. The van der Waals surface area contributed by atoms with E-state index in [0.717, 1.165) is 23.9 Å². The molecule has 1 fully saturated rings. The number of carbonyl (C=O) groups is 1. The number of nitrogens with one attached hydrogen (secondary N) is 1. The maximum Gasteiger partial charge on any atom is 0.392 e. The van der Waals surface area contributed by atoms with Gasteiger partial charge in [-0.2, -0.15) is 13.2 Å². The van der Waals surface area contributed by atoms with Crippen LogP contribution in [0.25, 0.3) is 0 Å². The third-order valence-electron chi connectivity index (χ3n) is 7.04. The topological polar surface area (TPSA) is 85.2 Å². The van der Waals surface area contributed by atoms with Crippen molar-refractivity contribution in [1.29, 1.82) is 0 Å². The first-order chi connectivity index (χ1) is 17.6. The summed E-state index contributed by atoms with van der Waals surface area (Å²) in [5, 5.41) is 11.1. The molecule has 0 aliphatic carbocycles. The van der Waals surface area contributed by atoms with E-state index in [-0.39, 0.29) is 29.6 Å². The molecule has 12 heteroatoms. The second-order valence-corrected chi connectivity index (χ2v) is 10.2. The molecule has 0 spiro atoms. The van der Waals surface area contributed by atoms with Gasteiger partial charge in [0.2, 0.25) is 0 Å². The molecule has 1 N–H and O–H groups in total. The van der Waals surface area contributed by atoms with Gasteiger partial charge in [-0.15, -0.1) is 10.2 Å². The molecular weight excluding hydrogens is 509 g/mol. The summed E-state index contributed by atoms with van der Waals surface area (Å²) in [6.07, 6.45) is -1.97. The van der Waals surface area contributed by atoms with Crippen molar-refractivity contribution in [3.63, 3.8) is 0 Å². The van der Waals surface area contributed by atoms with Crippen molar-refractivity contribution >= 4 is 23.3 Å². The van der Waals surface area contributed by atoms with Gasteiger partial charge in [-0.25, -0.2) is 4.98 Å². The van der Waals surface area contributed by atoms with E-state index in [4.69, 9.17) is 16.3 Å². The summed E-state index contributed by atoms with van der Waals surface area (Å²) in [5.74, 6) is -0.487. The van der Waals surface area contributed by atoms with Crippen molar-refractivity contribution in [3.8, 4) is 0 Å². The number of hydrogen-bond acceptors (Lipinski definition) is 6. The third-order valence-corrected chi connectivity index (χ3v) is 7.23. The van der Waals surface area contributed by atoms with E-state index < -0.39 is 12.1 Å². The van der Waals surface area contributed by atoms with Crippen molar-refractivity contribution in [2.45, 2.75) is 38.0 Å². The number of aromatic nitrogens is 4. The highest BCUT2D eigenvalue weighted by Crippen LogP contribution is 2.38. The molecular formula is C25H26ClF3N6O2. The number of nitrogens with zero attached hydrogens (tertiary/aromatic N) is 5. The molecule has 1 aromatic carbocycles. The SMILES string of the molecule is CC(CNCc1cc(Cl)nc(N2Cc3ccc(C4(Cc5nncn5C)COC4)cc3C2=O)c1)C(F)(F)F. The van der Waals surface area contributed by atoms with E-state index in [0.29, 0.717) is 43.1 Å². The van der Waals surface area contributed by atoms with Gasteiger partial charge >= 0.3 is 6.18 Å². The molecule has 3 aromatic rings. The zero-order valence-electron chi connectivity index (χ0n) is 20.3. The van der Waals surface area contributed by atoms with Crippen molar-refractivity contribution in [3.05, 3.63) is 69.9 Å². The van der Waals surface area contributed by atoms with E-state index >= 15 is 0 Å². The van der Waals surface area contributed by atoms with Crippen LogP contribution in [0.4, 0.5) is 19.0 Å². The molecule has 2 aliphatic rings. The average molecular weight is 535 g/mol. The number of fused-ring (bicyclic) bond motifs is 1. The highest BCUT2D eigenvalue weighted by atomic mass is 35.5. The largest absolute Gasteiger partial charge is 0.392 e. The molecule has 0 saturated carbocycles. The standard InChI is InChI=1S/C25H26ClF3N6O2/c1-15(25(27,28)29)9-30-10-16-5-20(26)32-21(6-16)35-11-17-3-4-18(7-19(17)23(35)36)24(12-37-13-24)8-22-33-31-14-34(22)2/h3-7,14-15,30H,8-13H2,1-2H3. The first-order valence-electron chi connectivity index (χ1n) is 11.9. The lowest BCUT2D eigenvalue weighted by Gasteiger charge is -2.41. The van der Waals surface area contributed by atoms with Crippen LogP contribution in [0, 0.1) is 5.92 Å². The summed E-state index contributed by atoms with van der Waals surface area (Å²) in [6, 6.07) is 9.15. The van der Waals surface area contributed by atoms with Crippen LogP contribution in [0.3, 0.4) is 0 Å². The molecule has 4 heterocycles. The average Bonchev–Trinajstić information content (AvgIpc) is 3.37. The van der Waals surface area contributed by atoms with Crippen LogP contribution in [-0.4, -0.2) is 51.6 Å². The molecule has 1 saturated heterocycles. The van der Waals surface area contributed by atoms with E-state index in [1.165, 1.54) is 4.90 Å². The van der Waals surface area contributed by atoms with Gasteiger partial charge in [-0.05, 0) is 34.9 Å². The number of benzene rings is 1. The van der Waals surface area contributed by atoms with Gasteiger partial charge in [0.25, 0.3) is 5.91 Å². The molecule has 2 aromatic heterocycles. The summed E-state index contributed by atoms with van der Waals surface area (Å²) in [6.45, 7) is 2.44. The maximum absolute atomic E-state index is 13.4. The van der Waals surface area contributed by atoms with Crippen molar-refractivity contribution in [2.24, 2.45) is 13.0 Å². The highest BCUT2D eigenvalue weighted by Gasteiger charge is 2.43. The number of aryl methyl sites for hydroxylation is 1. The maximum atomic E-state index is 13.4. The van der Waals surface area contributed by atoms with E-state index in [1.54, 1.807) is 18.5 Å². The fourth-order valence-corrected chi connectivity index (χ4v) is 4.86. The molecule has 1 amide bonds. The molecule has 1 atom stereocenters. The first-order valence-corrected chi connectivity index (χ1v) is 12.2. The normalized spacial score (nSPS) is 17.6. The Balaban J connectivity index is 1.33. The molecule has 2 aliphatic heterocycles. The summed E-state index contributed by atoms with van der Waals surface area (Å²) < 4.78 is 45.8. The second kappa shape index (κ2) is 9.70. The monoisotopic (exact) mass is 534 g/mol. The lowest BCUT2D eigenvalue weighted by molar-refractivity contribution is -0.168. The first kappa shape index (κ1) is 25.6. The number of carbonyl (C=O) groups excluding carboxylic acids is 1. The van der Waals surface area contributed by atoms with Crippen LogP contribution in [0.5, 0.6) is 0 Å². The molecule has 0 bridgehead atoms. The Morgan fingerprint density at radius 3 is 2.68 bits per heavy atom. The van der Waals surface area contributed by atoms with Gasteiger partial charge in [0.15, 0.2) is 0 Å². The minimum atomic E-state index is -4.26. The molecule has 37 heavy (non-hydrogen) atoms. The lowest BCUT2D eigenvalue weighted by Crippen LogP contribution is -2.49. The summed E-state index contributed by atoms with van der Waals surface area (Å²) >= 11 is 6.21. The number of alkyl halides is 3. The number of anilines is 1. The van der Waals surface area contributed by atoms with Crippen LogP contribution in [0.2, 0.25) is 5.15 Å². The fourth-order valence-electron chi connectivity index (χ4n) is 4.63. The number of hydrogen-bond donors (Lipinski definition) is 1. The van der Waals surface area contributed by atoms with E-state index in [1.807, 2.05) is 29.8 Å². The van der Waals surface area contributed by atoms with Gasteiger partial charge in [0.05, 0.1) is 25.7 Å². The zero-order chi connectivity index (χ0) is 26.4. The van der Waals surface area contributed by atoms with Crippen LogP contribution in [0.1, 0.15) is 39.8 Å². The quantitative estimate of drug-likeness (QED) is 0.442. The van der Waals surface area contributed by atoms with Gasteiger partial charge in [0, 0.05) is 37.5 Å². The van der Waals surface area contributed by atoms with Gasteiger partial charge in [-0.1, -0.05) is 30.7 Å². The molecule has 5 rings (SSSR count). The van der Waals surface area contributed by atoms with Gasteiger partial charge in [-0.3, -0.25) is 9.69 Å². The Kier molecular flexibility index (Phi) is 6.71. The van der Waals surface area contributed by atoms with Gasteiger partial charge < -0.3 is 14.6 Å². The fraction of sp³-hybridized carbons (Fsp3) is 0.440. The molecule has 196 valence electrons. The number of ether oxygens (including phenoxy) is 1. The Bertz CT molecular complexity index is 1320. The van der Waals surface area contributed by atoms with Crippen molar-refractivity contribution < 1.29 is 22.7 Å². The minimum absolute atomic E-state index is 0.164. The van der Waals surface area contributed by atoms with E-state index in [2.05, 4.69) is 20.5 Å². The van der Waals surface area contributed by atoms with Crippen LogP contribution in [-0.2, 0) is 36.7 Å². The van der Waals surface area contributed by atoms with Crippen molar-refractivity contribution in [1.82, 2.24) is 25.1 Å². The Morgan fingerprint density at radius 1 is 1.24 bits per heavy atom. The molecule has 1 unspecified atom stereocenters. The Morgan fingerprint density at radius 2 is 2.03 bits per heavy atom. The summed E-state index contributed by atoms with van der Waals surface area (Å²) in [7, 11) is 1.89. The molecule has 8 nitrogen and oxygen atoms in total. The second-order valence-electron chi connectivity index (χ2n) is 9.80. The van der Waals surface area contributed by atoms with Crippen molar-refractivity contribution in [2.75, 3.05) is 24.7 Å². The number of pyridine rings is 1.